The molecule has 0 unspecified atom stereocenters. The van der Waals surface area contributed by atoms with Crippen LogP contribution in [0.15, 0.2) is 18.2 Å². The third kappa shape index (κ3) is 3.12. The molecule has 0 spiro atoms. The second kappa shape index (κ2) is 5.71. The molecule has 0 bridgehead atoms. The normalized spacial score (nSPS) is 17.1. The molecule has 1 heterocycles. The lowest BCUT2D eigenvalue weighted by Crippen LogP contribution is -2.34. The van der Waals surface area contributed by atoms with Crippen molar-refractivity contribution in [2.75, 3.05) is 19.6 Å². The molecule has 0 aromatic heterocycles. The zero-order valence-electron chi connectivity index (χ0n) is 9.38. The molecule has 92 valence electrons. The molecule has 17 heavy (non-hydrogen) atoms. The average molecular weight is 273 g/mol. The van der Waals surface area contributed by atoms with Crippen molar-refractivity contribution in [3.8, 4) is 0 Å². The van der Waals surface area contributed by atoms with Gasteiger partial charge in [0.1, 0.15) is 0 Å². The molecular formula is C12H14Cl2N2O. The molecule has 1 amide bonds. The summed E-state index contributed by atoms with van der Waals surface area (Å²) in [7, 11) is 0. The molecule has 5 heteroatoms. The highest BCUT2D eigenvalue weighted by atomic mass is 35.5. The van der Waals surface area contributed by atoms with Gasteiger partial charge in [-0.15, -0.1) is 0 Å². The largest absolute Gasteiger partial charge is 0.337 e. The Bertz CT molecular complexity index is 423. The molecule has 3 nitrogen and oxygen atoms in total. The fourth-order valence-corrected chi connectivity index (χ4v) is 2.25. The number of rotatable bonds is 2. The number of carbonyl (C=O) groups excluding carboxylic acids is 1. The van der Waals surface area contributed by atoms with Gasteiger partial charge in [-0.2, -0.15) is 0 Å². The van der Waals surface area contributed by atoms with Gasteiger partial charge in [-0.05, 0) is 24.6 Å². The highest BCUT2D eigenvalue weighted by Crippen LogP contribution is 2.26. The number of hydrogen-bond acceptors (Lipinski definition) is 2. The average Bonchev–Trinajstić information content (AvgIpc) is 2.51. The Morgan fingerprint density at radius 2 is 2.18 bits per heavy atom. The van der Waals surface area contributed by atoms with E-state index in [9.17, 15) is 4.79 Å². The number of hydrogen-bond donors (Lipinski definition) is 1. The van der Waals surface area contributed by atoms with Crippen LogP contribution in [0.25, 0.3) is 0 Å². The minimum Gasteiger partial charge on any atom is -0.337 e. The standard InChI is InChI=1S/C12H14Cl2N2O/c13-10-4-1-3-9(12(10)14)8-16-6-2-5-15-7-11(16)17/h1,3-4,15H,2,5-8H2. The van der Waals surface area contributed by atoms with Gasteiger partial charge >= 0.3 is 0 Å². The van der Waals surface area contributed by atoms with E-state index < -0.39 is 0 Å². The number of amides is 1. The van der Waals surface area contributed by atoms with E-state index in [4.69, 9.17) is 23.2 Å². The Balaban J connectivity index is 2.13. The Labute approximate surface area is 111 Å². The lowest BCUT2D eigenvalue weighted by molar-refractivity contribution is -0.130. The van der Waals surface area contributed by atoms with E-state index in [0.29, 0.717) is 23.1 Å². The third-order valence-corrected chi connectivity index (χ3v) is 3.66. The minimum atomic E-state index is 0.110. The SMILES string of the molecule is O=C1CNCCCN1Cc1cccc(Cl)c1Cl. The smallest absolute Gasteiger partial charge is 0.236 e. The summed E-state index contributed by atoms with van der Waals surface area (Å²) in [5.41, 5.74) is 0.898. The van der Waals surface area contributed by atoms with Crippen LogP contribution in [0, 0.1) is 0 Å². The van der Waals surface area contributed by atoms with Crippen LogP contribution in [-0.2, 0) is 11.3 Å². The topological polar surface area (TPSA) is 32.3 Å². The van der Waals surface area contributed by atoms with Gasteiger partial charge < -0.3 is 10.2 Å². The number of halogens is 2. The van der Waals surface area contributed by atoms with Gasteiger partial charge in [0.2, 0.25) is 5.91 Å². The summed E-state index contributed by atoms with van der Waals surface area (Å²) in [5.74, 6) is 0.110. The summed E-state index contributed by atoms with van der Waals surface area (Å²) in [4.78, 5) is 13.6. The first kappa shape index (κ1) is 12.7. The Morgan fingerprint density at radius 3 is 3.00 bits per heavy atom. The van der Waals surface area contributed by atoms with Crippen LogP contribution in [0.4, 0.5) is 0 Å². The second-order valence-electron chi connectivity index (χ2n) is 4.06. The molecule has 1 aromatic carbocycles. The van der Waals surface area contributed by atoms with Gasteiger partial charge in [0.05, 0.1) is 16.6 Å². The summed E-state index contributed by atoms with van der Waals surface area (Å²) < 4.78 is 0. The molecule has 1 N–H and O–H groups in total. The molecule has 2 rings (SSSR count). The van der Waals surface area contributed by atoms with Crippen molar-refractivity contribution >= 4 is 29.1 Å². The van der Waals surface area contributed by atoms with Gasteiger partial charge in [-0.3, -0.25) is 4.79 Å². The highest BCUT2D eigenvalue weighted by Gasteiger charge is 2.17. The van der Waals surface area contributed by atoms with Crippen LogP contribution in [0.1, 0.15) is 12.0 Å². The zero-order chi connectivity index (χ0) is 12.3. The van der Waals surface area contributed by atoms with Crippen LogP contribution in [0.5, 0.6) is 0 Å². The Morgan fingerprint density at radius 1 is 1.35 bits per heavy atom. The molecule has 1 fully saturated rings. The quantitative estimate of drug-likeness (QED) is 0.896. The first-order valence-corrected chi connectivity index (χ1v) is 6.35. The van der Waals surface area contributed by atoms with Crippen molar-refractivity contribution in [1.29, 1.82) is 0 Å². The van der Waals surface area contributed by atoms with Crippen molar-refractivity contribution in [1.82, 2.24) is 10.2 Å². The van der Waals surface area contributed by atoms with E-state index >= 15 is 0 Å². The molecule has 0 saturated carbocycles. The van der Waals surface area contributed by atoms with Crippen LogP contribution in [0.3, 0.4) is 0 Å². The molecule has 0 aliphatic carbocycles. The van der Waals surface area contributed by atoms with Crippen molar-refractivity contribution in [3.63, 3.8) is 0 Å². The molecular weight excluding hydrogens is 259 g/mol. The summed E-state index contributed by atoms with van der Waals surface area (Å²) in [6, 6.07) is 5.50. The molecule has 1 aromatic rings. The summed E-state index contributed by atoms with van der Waals surface area (Å²) in [5, 5.41) is 4.16. The summed E-state index contributed by atoms with van der Waals surface area (Å²) in [6.07, 6.45) is 0.962. The predicted molar refractivity (Wildman–Crippen MR) is 69.4 cm³/mol. The van der Waals surface area contributed by atoms with E-state index in [1.807, 2.05) is 17.0 Å². The van der Waals surface area contributed by atoms with Gasteiger partial charge in [0.15, 0.2) is 0 Å². The lowest BCUT2D eigenvalue weighted by Gasteiger charge is -2.21. The van der Waals surface area contributed by atoms with E-state index in [1.54, 1.807) is 6.07 Å². The van der Waals surface area contributed by atoms with Crippen molar-refractivity contribution < 1.29 is 4.79 Å². The number of nitrogens with zero attached hydrogens (tertiary/aromatic N) is 1. The molecule has 1 saturated heterocycles. The van der Waals surface area contributed by atoms with E-state index in [2.05, 4.69) is 5.32 Å². The maximum Gasteiger partial charge on any atom is 0.236 e. The number of carbonyl (C=O) groups is 1. The highest BCUT2D eigenvalue weighted by molar-refractivity contribution is 6.42. The van der Waals surface area contributed by atoms with E-state index in [-0.39, 0.29) is 5.91 Å². The molecule has 0 atom stereocenters. The van der Waals surface area contributed by atoms with Gasteiger partial charge in [-0.25, -0.2) is 0 Å². The molecule has 0 radical (unpaired) electrons. The van der Waals surface area contributed by atoms with Crippen LogP contribution >= 0.6 is 23.2 Å². The zero-order valence-corrected chi connectivity index (χ0v) is 10.9. The maximum atomic E-state index is 11.8. The van der Waals surface area contributed by atoms with E-state index in [0.717, 1.165) is 25.1 Å². The monoisotopic (exact) mass is 272 g/mol. The third-order valence-electron chi connectivity index (χ3n) is 2.80. The first-order chi connectivity index (χ1) is 8.18. The van der Waals surface area contributed by atoms with Crippen LogP contribution in [-0.4, -0.2) is 30.4 Å². The van der Waals surface area contributed by atoms with Crippen LogP contribution < -0.4 is 5.32 Å². The van der Waals surface area contributed by atoms with Gasteiger partial charge in [-0.1, -0.05) is 35.3 Å². The first-order valence-electron chi connectivity index (χ1n) is 5.60. The van der Waals surface area contributed by atoms with Gasteiger partial charge in [0, 0.05) is 13.1 Å². The summed E-state index contributed by atoms with van der Waals surface area (Å²) in [6.45, 7) is 2.57. The second-order valence-corrected chi connectivity index (χ2v) is 4.84. The predicted octanol–water partition coefficient (Wildman–Crippen LogP) is 2.32. The fourth-order valence-electron chi connectivity index (χ4n) is 1.87. The Kier molecular flexibility index (Phi) is 4.26. The maximum absolute atomic E-state index is 11.8. The van der Waals surface area contributed by atoms with Crippen molar-refractivity contribution in [2.45, 2.75) is 13.0 Å². The van der Waals surface area contributed by atoms with Crippen molar-refractivity contribution in [2.24, 2.45) is 0 Å². The fraction of sp³-hybridized carbons (Fsp3) is 0.417. The number of nitrogens with one attached hydrogen (secondary N) is 1. The molecule has 1 aliphatic rings. The summed E-state index contributed by atoms with van der Waals surface area (Å²) >= 11 is 12.1. The minimum absolute atomic E-state index is 0.110. The molecule has 1 aliphatic heterocycles. The number of benzene rings is 1. The Hall–Kier alpha value is -0.770. The van der Waals surface area contributed by atoms with Crippen molar-refractivity contribution in [3.05, 3.63) is 33.8 Å². The lowest BCUT2D eigenvalue weighted by atomic mass is 10.2. The van der Waals surface area contributed by atoms with E-state index in [1.165, 1.54) is 0 Å². The van der Waals surface area contributed by atoms with Crippen LogP contribution in [0.2, 0.25) is 10.0 Å². The van der Waals surface area contributed by atoms with Gasteiger partial charge in [0.25, 0.3) is 0 Å².